The number of halogens is 1. The number of carbonyl (C=O) groups excluding carboxylic acids is 1. The van der Waals surface area contributed by atoms with Gasteiger partial charge in [0.2, 0.25) is 5.91 Å². The number of benzene rings is 1. The van der Waals surface area contributed by atoms with E-state index in [0.29, 0.717) is 13.2 Å². The zero-order valence-electron chi connectivity index (χ0n) is 9.99. The number of ether oxygens (including phenoxy) is 1. The van der Waals surface area contributed by atoms with Crippen molar-refractivity contribution in [3.05, 3.63) is 35.9 Å². The van der Waals surface area contributed by atoms with Crippen LogP contribution in [0.15, 0.2) is 30.3 Å². The number of rotatable bonds is 7. The summed E-state index contributed by atoms with van der Waals surface area (Å²) in [4.78, 5) is 10.8. The number of hydrogen-bond donors (Lipinski definition) is 1. The van der Waals surface area contributed by atoms with E-state index in [4.69, 9.17) is 16.3 Å². The quantitative estimate of drug-likeness (QED) is 0.601. The van der Waals surface area contributed by atoms with Crippen LogP contribution in [-0.4, -0.2) is 24.9 Å². The zero-order chi connectivity index (χ0) is 12.5. The molecule has 1 aromatic rings. The molecule has 1 rings (SSSR count). The Labute approximate surface area is 107 Å². The minimum absolute atomic E-state index is 0.0152. The van der Waals surface area contributed by atoms with E-state index in [-0.39, 0.29) is 17.9 Å². The molecule has 1 unspecified atom stereocenters. The number of nitrogens with one attached hydrogen (secondary N) is 1. The first-order valence-electron chi connectivity index (χ1n) is 5.73. The lowest BCUT2D eigenvalue weighted by atomic mass is 10.1. The molecule has 0 radical (unpaired) electrons. The number of alkyl halides is 1. The molecule has 0 aromatic heterocycles. The Balaban J connectivity index is 2.13. The Morgan fingerprint density at radius 1 is 1.41 bits per heavy atom. The van der Waals surface area contributed by atoms with Crippen molar-refractivity contribution in [1.29, 1.82) is 0 Å². The van der Waals surface area contributed by atoms with Crippen molar-refractivity contribution < 1.29 is 9.53 Å². The molecule has 1 N–H and O–H groups in total. The zero-order valence-corrected chi connectivity index (χ0v) is 10.7. The van der Waals surface area contributed by atoms with Gasteiger partial charge in [0.05, 0.1) is 6.10 Å². The summed E-state index contributed by atoms with van der Waals surface area (Å²) in [6.45, 7) is 3.25. The summed E-state index contributed by atoms with van der Waals surface area (Å²) in [7, 11) is 0. The van der Waals surface area contributed by atoms with Gasteiger partial charge in [0.25, 0.3) is 0 Å². The van der Waals surface area contributed by atoms with Crippen LogP contribution in [-0.2, 0) is 9.53 Å². The summed E-state index contributed by atoms with van der Waals surface area (Å²) in [6.07, 6.45) is 0.875. The van der Waals surface area contributed by atoms with Gasteiger partial charge in [-0.15, -0.1) is 11.6 Å². The average Bonchev–Trinajstić information content (AvgIpc) is 2.38. The third-order valence-corrected chi connectivity index (χ3v) is 2.64. The highest BCUT2D eigenvalue weighted by molar-refractivity contribution is 6.27. The fraction of sp³-hybridized carbons (Fsp3) is 0.462. The molecule has 4 heteroatoms. The van der Waals surface area contributed by atoms with Crippen molar-refractivity contribution in [2.75, 3.05) is 19.0 Å². The van der Waals surface area contributed by atoms with Gasteiger partial charge in [-0.25, -0.2) is 0 Å². The van der Waals surface area contributed by atoms with Crippen LogP contribution < -0.4 is 5.32 Å². The van der Waals surface area contributed by atoms with Gasteiger partial charge in [0.1, 0.15) is 5.88 Å². The Kier molecular flexibility index (Phi) is 6.67. The minimum atomic E-state index is -0.136. The van der Waals surface area contributed by atoms with Crippen LogP contribution in [0, 0.1) is 0 Å². The lowest BCUT2D eigenvalue weighted by Gasteiger charge is -2.13. The summed E-state index contributed by atoms with van der Waals surface area (Å²) < 4.78 is 5.66. The van der Waals surface area contributed by atoms with Crippen LogP contribution >= 0.6 is 11.6 Å². The summed E-state index contributed by atoms with van der Waals surface area (Å²) >= 11 is 5.35. The number of carbonyl (C=O) groups is 1. The molecule has 0 spiro atoms. The normalized spacial score (nSPS) is 12.1. The Morgan fingerprint density at radius 2 is 2.12 bits per heavy atom. The van der Waals surface area contributed by atoms with Crippen LogP contribution in [0.2, 0.25) is 0 Å². The monoisotopic (exact) mass is 255 g/mol. The van der Waals surface area contributed by atoms with Crippen LogP contribution in [0.4, 0.5) is 0 Å². The summed E-state index contributed by atoms with van der Waals surface area (Å²) in [5.41, 5.74) is 1.16. The van der Waals surface area contributed by atoms with Gasteiger partial charge in [0, 0.05) is 13.2 Å². The topological polar surface area (TPSA) is 38.3 Å². The van der Waals surface area contributed by atoms with E-state index in [1.54, 1.807) is 0 Å². The molecule has 0 aliphatic carbocycles. The highest BCUT2D eigenvalue weighted by Gasteiger charge is 2.04. The van der Waals surface area contributed by atoms with Gasteiger partial charge in [-0.05, 0) is 18.9 Å². The Bertz CT molecular complexity index is 329. The predicted octanol–water partition coefficient (Wildman–Crippen LogP) is 2.51. The van der Waals surface area contributed by atoms with E-state index in [0.717, 1.165) is 12.0 Å². The summed E-state index contributed by atoms with van der Waals surface area (Å²) in [6, 6.07) is 10.1. The van der Waals surface area contributed by atoms with Crippen molar-refractivity contribution in [3.8, 4) is 0 Å². The van der Waals surface area contributed by atoms with Crippen molar-refractivity contribution in [1.82, 2.24) is 5.32 Å². The lowest BCUT2D eigenvalue weighted by molar-refractivity contribution is -0.118. The van der Waals surface area contributed by atoms with Gasteiger partial charge < -0.3 is 10.1 Å². The fourth-order valence-corrected chi connectivity index (χ4v) is 1.52. The number of hydrogen-bond acceptors (Lipinski definition) is 2. The molecule has 3 nitrogen and oxygen atoms in total. The highest BCUT2D eigenvalue weighted by Crippen LogP contribution is 2.15. The smallest absolute Gasteiger partial charge is 0.234 e. The van der Waals surface area contributed by atoms with Crippen molar-refractivity contribution in [2.24, 2.45) is 0 Å². The Hall–Kier alpha value is -1.06. The van der Waals surface area contributed by atoms with Crippen molar-refractivity contribution in [3.63, 3.8) is 0 Å². The van der Waals surface area contributed by atoms with Crippen LogP contribution in [0.3, 0.4) is 0 Å². The predicted molar refractivity (Wildman–Crippen MR) is 69.2 cm³/mol. The first-order valence-corrected chi connectivity index (χ1v) is 6.26. The first kappa shape index (κ1) is 14.0. The molecule has 0 aliphatic rings. The van der Waals surface area contributed by atoms with Crippen LogP contribution in [0.25, 0.3) is 0 Å². The van der Waals surface area contributed by atoms with E-state index in [1.807, 2.05) is 37.3 Å². The molecule has 94 valence electrons. The molecule has 0 saturated carbocycles. The summed E-state index contributed by atoms with van der Waals surface area (Å²) in [5, 5.41) is 2.69. The van der Waals surface area contributed by atoms with E-state index >= 15 is 0 Å². The molecule has 1 aromatic carbocycles. The van der Waals surface area contributed by atoms with Gasteiger partial charge in [-0.3, -0.25) is 4.79 Å². The molecule has 0 saturated heterocycles. The van der Waals surface area contributed by atoms with Gasteiger partial charge >= 0.3 is 0 Å². The highest BCUT2D eigenvalue weighted by atomic mass is 35.5. The fourth-order valence-electron chi connectivity index (χ4n) is 1.43. The minimum Gasteiger partial charge on any atom is -0.374 e. The molecule has 0 bridgehead atoms. The maximum absolute atomic E-state index is 10.8. The SMILES string of the molecule is CC(OCCCNC(=O)CCl)c1ccccc1. The molecule has 0 fully saturated rings. The second-order valence-corrected chi connectivity index (χ2v) is 4.03. The van der Waals surface area contributed by atoms with Gasteiger partial charge in [0.15, 0.2) is 0 Å². The third kappa shape index (κ3) is 5.71. The molecule has 0 aliphatic heterocycles. The maximum atomic E-state index is 10.8. The van der Waals surface area contributed by atoms with Crippen LogP contribution in [0.1, 0.15) is 25.0 Å². The molecule has 1 atom stereocenters. The van der Waals surface area contributed by atoms with E-state index in [9.17, 15) is 4.79 Å². The Morgan fingerprint density at radius 3 is 2.76 bits per heavy atom. The van der Waals surface area contributed by atoms with Crippen LogP contribution in [0.5, 0.6) is 0 Å². The van der Waals surface area contributed by atoms with E-state index in [2.05, 4.69) is 5.32 Å². The van der Waals surface area contributed by atoms with E-state index in [1.165, 1.54) is 0 Å². The second kappa shape index (κ2) is 8.09. The lowest BCUT2D eigenvalue weighted by Crippen LogP contribution is -2.26. The molecule has 0 heterocycles. The van der Waals surface area contributed by atoms with Crippen molar-refractivity contribution >= 4 is 17.5 Å². The second-order valence-electron chi connectivity index (χ2n) is 3.76. The first-order chi connectivity index (χ1) is 8.24. The molecule has 17 heavy (non-hydrogen) atoms. The van der Waals surface area contributed by atoms with Crippen molar-refractivity contribution in [2.45, 2.75) is 19.4 Å². The largest absolute Gasteiger partial charge is 0.374 e. The molecule has 1 amide bonds. The standard InChI is InChI=1S/C13H18ClNO2/c1-11(12-6-3-2-4-7-12)17-9-5-8-15-13(16)10-14/h2-4,6-7,11H,5,8-10H2,1H3,(H,15,16). The average molecular weight is 256 g/mol. The maximum Gasteiger partial charge on any atom is 0.234 e. The van der Waals surface area contributed by atoms with Gasteiger partial charge in [-0.2, -0.15) is 0 Å². The molecular weight excluding hydrogens is 238 g/mol. The molecular formula is C13H18ClNO2. The summed E-state index contributed by atoms with van der Waals surface area (Å²) in [5.74, 6) is -0.121. The number of amides is 1. The van der Waals surface area contributed by atoms with Gasteiger partial charge in [-0.1, -0.05) is 30.3 Å². The third-order valence-electron chi connectivity index (χ3n) is 2.40. The van der Waals surface area contributed by atoms with E-state index < -0.39 is 0 Å².